The first kappa shape index (κ1) is 18.6. The Balaban J connectivity index is 1.57. The van der Waals surface area contributed by atoms with Crippen molar-refractivity contribution in [3.63, 3.8) is 0 Å². The fourth-order valence-corrected chi connectivity index (χ4v) is 2.77. The van der Waals surface area contributed by atoms with Crippen LogP contribution in [0, 0.1) is 0 Å². The third-order valence-electron chi connectivity index (χ3n) is 4.36. The van der Waals surface area contributed by atoms with Crippen molar-refractivity contribution in [1.29, 1.82) is 0 Å². The van der Waals surface area contributed by atoms with Crippen molar-refractivity contribution in [2.75, 3.05) is 5.32 Å². The molecule has 0 fully saturated rings. The highest BCUT2D eigenvalue weighted by Gasteiger charge is 2.15. The van der Waals surface area contributed by atoms with Gasteiger partial charge in [0.25, 0.3) is 0 Å². The number of hydrogen-bond donors (Lipinski definition) is 2. The average Bonchev–Trinajstić information content (AvgIpc) is 2.98. The number of nitrogens with one attached hydrogen (secondary N) is 2. The summed E-state index contributed by atoms with van der Waals surface area (Å²) in [7, 11) is 0. The minimum Gasteiger partial charge on any atom is -0.408 e. The molecule has 0 saturated heterocycles. The van der Waals surface area contributed by atoms with Crippen molar-refractivity contribution in [3.8, 4) is 0 Å². The highest BCUT2D eigenvalue weighted by molar-refractivity contribution is 6.00. The van der Waals surface area contributed by atoms with Gasteiger partial charge in [-0.3, -0.25) is 14.6 Å². The van der Waals surface area contributed by atoms with Crippen LogP contribution >= 0.6 is 0 Å². The lowest BCUT2D eigenvalue weighted by atomic mass is 9.86. The number of ketones is 1. The van der Waals surface area contributed by atoms with Crippen LogP contribution in [0.2, 0.25) is 0 Å². The Morgan fingerprint density at radius 1 is 1.04 bits per heavy atom. The Hall–Kier alpha value is -3.15. The molecule has 0 bridgehead atoms. The first-order valence-electron chi connectivity index (χ1n) is 8.79. The van der Waals surface area contributed by atoms with Gasteiger partial charge in [-0.25, -0.2) is 4.79 Å². The molecular weight excluding hydrogens is 344 g/mol. The Morgan fingerprint density at radius 3 is 2.41 bits per heavy atom. The van der Waals surface area contributed by atoms with E-state index in [0.717, 1.165) is 5.56 Å². The molecule has 3 aromatic rings. The largest absolute Gasteiger partial charge is 0.417 e. The molecule has 6 nitrogen and oxygen atoms in total. The monoisotopic (exact) mass is 366 g/mol. The van der Waals surface area contributed by atoms with E-state index in [-0.39, 0.29) is 29.9 Å². The molecule has 1 amide bonds. The maximum atomic E-state index is 12.3. The smallest absolute Gasteiger partial charge is 0.408 e. The molecule has 0 aliphatic heterocycles. The van der Waals surface area contributed by atoms with Crippen molar-refractivity contribution in [2.24, 2.45) is 0 Å². The SMILES string of the molecule is CC(C)(C)c1ccc(C(=O)CCC(=O)Nc2ccc3[nH]c(=O)oc3c2)cc1. The summed E-state index contributed by atoms with van der Waals surface area (Å²) in [6.45, 7) is 6.35. The zero-order chi connectivity index (χ0) is 19.6. The van der Waals surface area contributed by atoms with E-state index in [1.165, 1.54) is 0 Å². The number of oxazole rings is 1. The van der Waals surface area contributed by atoms with Gasteiger partial charge in [0.2, 0.25) is 5.91 Å². The van der Waals surface area contributed by atoms with Crippen LogP contribution in [-0.2, 0) is 10.2 Å². The van der Waals surface area contributed by atoms with Crippen molar-refractivity contribution < 1.29 is 14.0 Å². The number of Topliss-reactive ketones (excluding diaryl/α,β-unsaturated/α-hetero) is 1. The number of benzene rings is 2. The van der Waals surface area contributed by atoms with Crippen LogP contribution in [0.5, 0.6) is 0 Å². The average molecular weight is 366 g/mol. The summed E-state index contributed by atoms with van der Waals surface area (Å²) in [4.78, 5) is 38.1. The van der Waals surface area contributed by atoms with E-state index in [1.54, 1.807) is 18.2 Å². The number of carbonyl (C=O) groups is 2. The molecular formula is C21H22N2O4. The second-order valence-corrected chi connectivity index (χ2v) is 7.52. The van der Waals surface area contributed by atoms with Crippen molar-refractivity contribution in [3.05, 3.63) is 64.1 Å². The molecule has 27 heavy (non-hydrogen) atoms. The van der Waals surface area contributed by atoms with Crippen molar-refractivity contribution in [1.82, 2.24) is 4.98 Å². The number of anilines is 1. The first-order chi connectivity index (χ1) is 12.7. The van der Waals surface area contributed by atoms with E-state index in [2.05, 4.69) is 31.1 Å². The molecule has 1 aromatic heterocycles. The van der Waals surface area contributed by atoms with Gasteiger partial charge in [0, 0.05) is 30.2 Å². The van der Waals surface area contributed by atoms with Gasteiger partial charge in [-0.1, -0.05) is 45.0 Å². The predicted octanol–water partition coefficient (Wildman–Crippen LogP) is 4.02. The van der Waals surface area contributed by atoms with E-state index in [9.17, 15) is 14.4 Å². The summed E-state index contributed by atoms with van der Waals surface area (Å²) in [5, 5.41) is 2.71. The summed E-state index contributed by atoms with van der Waals surface area (Å²) >= 11 is 0. The Labute approximate surface area is 156 Å². The van der Waals surface area contributed by atoms with Crippen LogP contribution in [0.4, 0.5) is 5.69 Å². The van der Waals surface area contributed by atoms with Crippen LogP contribution in [0.25, 0.3) is 11.1 Å². The molecule has 2 aromatic carbocycles. The summed E-state index contributed by atoms with van der Waals surface area (Å²) in [6.07, 6.45) is 0.206. The number of fused-ring (bicyclic) bond motifs is 1. The van der Waals surface area contributed by atoms with Crippen LogP contribution in [0.1, 0.15) is 49.5 Å². The number of rotatable bonds is 5. The maximum Gasteiger partial charge on any atom is 0.417 e. The number of H-pyrrole nitrogens is 1. The van der Waals surface area contributed by atoms with Gasteiger partial charge >= 0.3 is 5.76 Å². The zero-order valence-electron chi connectivity index (χ0n) is 15.6. The maximum absolute atomic E-state index is 12.3. The quantitative estimate of drug-likeness (QED) is 0.667. The van der Waals surface area contributed by atoms with Gasteiger partial charge in [0.15, 0.2) is 11.4 Å². The molecule has 2 N–H and O–H groups in total. The number of carbonyl (C=O) groups excluding carboxylic acids is 2. The molecule has 0 aliphatic rings. The Morgan fingerprint density at radius 2 is 1.74 bits per heavy atom. The molecule has 6 heteroatoms. The van der Waals surface area contributed by atoms with Gasteiger partial charge in [-0.2, -0.15) is 0 Å². The Kier molecular flexibility index (Phi) is 4.99. The topological polar surface area (TPSA) is 92.2 Å². The number of hydrogen-bond acceptors (Lipinski definition) is 4. The van der Waals surface area contributed by atoms with Crippen LogP contribution < -0.4 is 11.1 Å². The van der Waals surface area contributed by atoms with E-state index in [0.29, 0.717) is 22.4 Å². The molecule has 0 spiro atoms. The van der Waals surface area contributed by atoms with Crippen LogP contribution in [0.15, 0.2) is 51.7 Å². The zero-order valence-corrected chi connectivity index (χ0v) is 15.6. The Bertz CT molecular complexity index is 1040. The molecule has 0 atom stereocenters. The van der Waals surface area contributed by atoms with Gasteiger partial charge in [-0.15, -0.1) is 0 Å². The van der Waals surface area contributed by atoms with E-state index < -0.39 is 5.76 Å². The van der Waals surface area contributed by atoms with Gasteiger partial charge in [0.05, 0.1) is 5.52 Å². The minimum absolute atomic E-state index is 0.0289. The summed E-state index contributed by atoms with van der Waals surface area (Å²) in [6, 6.07) is 12.4. The van der Waals surface area contributed by atoms with Crippen LogP contribution in [0.3, 0.4) is 0 Å². The lowest BCUT2D eigenvalue weighted by molar-refractivity contribution is -0.116. The second-order valence-electron chi connectivity index (χ2n) is 7.52. The standard InChI is InChI=1S/C21H22N2O4/c1-21(2,3)14-6-4-13(5-7-14)17(24)10-11-19(25)22-15-8-9-16-18(12-15)27-20(26)23-16/h4-9,12H,10-11H2,1-3H3,(H,22,25)(H,23,26). The van der Waals surface area contributed by atoms with Gasteiger partial charge < -0.3 is 9.73 Å². The summed E-state index contributed by atoms with van der Waals surface area (Å²) in [5.74, 6) is -0.888. The molecule has 140 valence electrons. The molecule has 1 heterocycles. The van der Waals surface area contributed by atoms with E-state index in [1.807, 2.05) is 24.3 Å². The predicted molar refractivity (Wildman–Crippen MR) is 104 cm³/mol. The normalized spacial score (nSPS) is 11.5. The molecule has 0 saturated carbocycles. The lowest BCUT2D eigenvalue weighted by Crippen LogP contribution is -2.14. The number of amides is 1. The first-order valence-corrected chi connectivity index (χ1v) is 8.79. The fourth-order valence-electron chi connectivity index (χ4n) is 2.77. The number of aromatic nitrogens is 1. The minimum atomic E-state index is -0.545. The summed E-state index contributed by atoms with van der Waals surface area (Å²) in [5.41, 5.74) is 3.23. The lowest BCUT2D eigenvalue weighted by Gasteiger charge is -2.18. The van der Waals surface area contributed by atoms with E-state index >= 15 is 0 Å². The third-order valence-corrected chi connectivity index (χ3v) is 4.36. The third kappa shape index (κ3) is 4.53. The highest BCUT2D eigenvalue weighted by Crippen LogP contribution is 2.22. The van der Waals surface area contributed by atoms with Crippen LogP contribution in [-0.4, -0.2) is 16.7 Å². The van der Waals surface area contributed by atoms with Gasteiger partial charge in [-0.05, 0) is 23.1 Å². The number of aromatic amines is 1. The highest BCUT2D eigenvalue weighted by atomic mass is 16.4. The molecule has 0 unspecified atom stereocenters. The summed E-state index contributed by atoms with van der Waals surface area (Å²) < 4.78 is 4.96. The second kappa shape index (κ2) is 7.23. The molecule has 0 radical (unpaired) electrons. The fraction of sp³-hybridized carbons (Fsp3) is 0.286. The van der Waals surface area contributed by atoms with Gasteiger partial charge in [0.1, 0.15) is 0 Å². The molecule has 3 rings (SSSR count). The van der Waals surface area contributed by atoms with Crippen molar-refractivity contribution in [2.45, 2.75) is 39.0 Å². The van der Waals surface area contributed by atoms with Crippen molar-refractivity contribution >= 4 is 28.5 Å². The van der Waals surface area contributed by atoms with E-state index in [4.69, 9.17) is 4.42 Å². The molecule has 0 aliphatic carbocycles.